The number of nitrogens with one attached hydrogen (secondary N) is 2. The Bertz CT molecular complexity index is 401. The second kappa shape index (κ2) is 6.56. The Kier molecular flexibility index (Phi) is 4.78. The van der Waals surface area contributed by atoms with Gasteiger partial charge in [0.05, 0.1) is 6.10 Å². The summed E-state index contributed by atoms with van der Waals surface area (Å²) in [5.41, 5.74) is 0. The molecule has 0 aliphatic carbocycles. The van der Waals surface area contributed by atoms with E-state index in [1.165, 1.54) is 0 Å². The van der Waals surface area contributed by atoms with Crippen LogP contribution in [-0.2, 0) is 14.3 Å². The predicted octanol–water partition coefficient (Wildman–Crippen LogP) is -0.850. The highest BCUT2D eigenvalue weighted by atomic mass is 16.5. The van der Waals surface area contributed by atoms with Crippen LogP contribution in [0, 0.1) is 0 Å². The van der Waals surface area contributed by atoms with Crippen LogP contribution in [0.5, 0.6) is 0 Å². The van der Waals surface area contributed by atoms with Gasteiger partial charge in [-0.3, -0.25) is 4.79 Å². The van der Waals surface area contributed by atoms with Crippen LogP contribution in [0.1, 0.15) is 19.3 Å². The van der Waals surface area contributed by atoms with Gasteiger partial charge < -0.3 is 25.4 Å². The zero-order chi connectivity index (χ0) is 14.5. The van der Waals surface area contributed by atoms with E-state index in [-0.39, 0.29) is 18.0 Å². The summed E-state index contributed by atoms with van der Waals surface area (Å²) in [5.74, 6) is -1.01. The van der Waals surface area contributed by atoms with Crippen LogP contribution in [0.4, 0.5) is 4.79 Å². The molecule has 0 spiro atoms. The molecule has 8 nitrogen and oxygen atoms in total. The van der Waals surface area contributed by atoms with Gasteiger partial charge >= 0.3 is 12.0 Å². The van der Waals surface area contributed by atoms with Gasteiger partial charge in [-0.25, -0.2) is 9.59 Å². The Morgan fingerprint density at radius 3 is 2.90 bits per heavy atom. The van der Waals surface area contributed by atoms with Gasteiger partial charge in [-0.15, -0.1) is 0 Å². The molecule has 8 heteroatoms. The predicted molar refractivity (Wildman–Crippen MR) is 68.1 cm³/mol. The summed E-state index contributed by atoms with van der Waals surface area (Å²) in [5, 5.41) is 14.2. The van der Waals surface area contributed by atoms with Crippen molar-refractivity contribution in [3.63, 3.8) is 0 Å². The molecule has 3 N–H and O–H groups in total. The van der Waals surface area contributed by atoms with Gasteiger partial charge in [0.2, 0.25) is 5.91 Å². The van der Waals surface area contributed by atoms with Gasteiger partial charge in [-0.05, 0) is 12.8 Å². The molecule has 2 fully saturated rings. The number of carbonyl (C=O) groups excluding carboxylic acids is 2. The topological polar surface area (TPSA) is 108 Å². The molecular formula is C12H19N3O5. The highest BCUT2D eigenvalue weighted by molar-refractivity contribution is 5.79. The van der Waals surface area contributed by atoms with Crippen molar-refractivity contribution in [2.24, 2.45) is 0 Å². The van der Waals surface area contributed by atoms with Crippen LogP contribution < -0.4 is 10.6 Å². The standard InChI is InChI=1S/C12H19N3O5/c16-10-3-5-15(6-4-13-10)12(19)14-7-8-1-2-9(20-8)11(17)18/h8-9H,1-7H2,(H,13,16)(H,14,19)(H,17,18). The lowest BCUT2D eigenvalue weighted by Crippen LogP contribution is -2.44. The number of amides is 3. The minimum atomic E-state index is -0.962. The molecule has 112 valence electrons. The zero-order valence-electron chi connectivity index (χ0n) is 11.1. The molecule has 2 saturated heterocycles. The van der Waals surface area contributed by atoms with E-state index < -0.39 is 12.1 Å². The van der Waals surface area contributed by atoms with Crippen LogP contribution in [0.25, 0.3) is 0 Å². The number of hydrogen-bond donors (Lipinski definition) is 3. The van der Waals surface area contributed by atoms with Crippen molar-refractivity contribution < 1.29 is 24.2 Å². The number of aliphatic carboxylic acids is 1. The maximum absolute atomic E-state index is 11.9. The van der Waals surface area contributed by atoms with Crippen molar-refractivity contribution in [3.05, 3.63) is 0 Å². The fraction of sp³-hybridized carbons (Fsp3) is 0.750. The number of carboxylic acids is 1. The molecule has 0 saturated carbocycles. The van der Waals surface area contributed by atoms with Crippen molar-refractivity contribution >= 4 is 17.9 Å². The van der Waals surface area contributed by atoms with Crippen LogP contribution >= 0.6 is 0 Å². The summed E-state index contributed by atoms with van der Waals surface area (Å²) in [4.78, 5) is 35.4. The average molecular weight is 285 g/mol. The van der Waals surface area contributed by atoms with Gasteiger partial charge in [-0.2, -0.15) is 0 Å². The van der Waals surface area contributed by atoms with Crippen molar-refractivity contribution in [1.82, 2.24) is 15.5 Å². The van der Waals surface area contributed by atoms with Crippen molar-refractivity contribution in [2.45, 2.75) is 31.5 Å². The summed E-state index contributed by atoms with van der Waals surface area (Å²) >= 11 is 0. The van der Waals surface area contributed by atoms with E-state index in [4.69, 9.17) is 9.84 Å². The first kappa shape index (κ1) is 14.6. The van der Waals surface area contributed by atoms with Gasteiger partial charge in [0, 0.05) is 32.6 Å². The van der Waals surface area contributed by atoms with Crippen LogP contribution in [0.3, 0.4) is 0 Å². The molecule has 2 aliphatic heterocycles. The number of urea groups is 1. The van der Waals surface area contributed by atoms with Gasteiger partial charge in [0.15, 0.2) is 6.10 Å². The molecule has 2 rings (SSSR count). The van der Waals surface area contributed by atoms with E-state index in [2.05, 4.69) is 10.6 Å². The number of ether oxygens (including phenoxy) is 1. The van der Waals surface area contributed by atoms with Gasteiger partial charge in [0.25, 0.3) is 0 Å². The quantitative estimate of drug-likeness (QED) is 0.626. The largest absolute Gasteiger partial charge is 0.479 e. The third-order valence-corrected chi connectivity index (χ3v) is 3.46. The van der Waals surface area contributed by atoms with E-state index in [0.717, 1.165) is 0 Å². The lowest BCUT2D eigenvalue weighted by molar-refractivity contribution is -0.149. The second-order valence-electron chi connectivity index (χ2n) is 4.94. The number of nitrogens with zero attached hydrogens (tertiary/aromatic N) is 1. The summed E-state index contributed by atoms with van der Waals surface area (Å²) in [6.07, 6.45) is 0.368. The Morgan fingerprint density at radius 2 is 2.20 bits per heavy atom. The summed E-state index contributed by atoms with van der Waals surface area (Å²) in [7, 11) is 0. The third-order valence-electron chi connectivity index (χ3n) is 3.46. The lowest BCUT2D eigenvalue weighted by atomic mass is 10.2. The molecule has 2 aliphatic rings. The van der Waals surface area contributed by atoms with E-state index in [9.17, 15) is 14.4 Å². The maximum atomic E-state index is 11.9. The maximum Gasteiger partial charge on any atom is 0.332 e. The summed E-state index contributed by atoms with van der Waals surface area (Å²) < 4.78 is 5.30. The first-order valence-corrected chi connectivity index (χ1v) is 6.74. The normalized spacial score (nSPS) is 26.8. The highest BCUT2D eigenvalue weighted by Crippen LogP contribution is 2.19. The Balaban J connectivity index is 1.72. The molecule has 0 radical (unpaired) electrons. The molecule has 3 amide bonds. The molecule has 20 heavy (non-hydrogen) atoms. The van der Waals surface area contributed by atoms with E-state index in [1.807, 2.05) is 0 Å². The zero-order valence-corrected chi connectivity index (χ0v) is 11.1. The van der Waals surface area contributed by atoms with Crippen molar-refractivity contribution in [2.75, 3.05) is 26.2 Å². The number of carbonyl (C=O) groups is 3. The molecule has 2 unspecified atom stereocenters. The number of hydrogen-bond acceptors (Lipinski definition) is 4. The second-order valence-corrected chi connectivity index (χ2v) is 4.94. The first-order chi connectivity index (χ1) is 9.56. The summed E-state index contributed by atoms with van der Waals surface area (Å²) in [6, 6.07) is -0.246. The molecule has 2 atom stereocenters. The number of rotatable bonds is 3. The first-order valence-electron chi connectivity index (χ1n) is 6.74. The van der Waals surface area contributed by atoms with Crippen LogP contribution in [0.15, 0.2) is 0 Å². The van der Waals surface area contributed by atoms with E-state index >= 15 is 0 Å². The molecule has 0 aromatic rings. The van der Waals surface area contributed by atoms with Crippen molar-refractivity contribution in [3.8, 4) is 0 Å². The fourth-order valence-corrected chi connectivity index (χ4v) is 2.32. The fourth-order valence-electron chi connectivity index (χ4n) is 2.32. The lowest BCUT2D eigenvalue weighted by Gasteiger charge is -2.21. The Hall–Kier alpha value is -1.83. The van der Waals surface area contributed by atoms with Crippen LogP contribution in [0.2, 0.25) is 0 Å². The van der Waals surface area contributed by atoms with E-state index in [1.54, 1.807) is 4.90 Å². The molecule has 0 aromatic carbocycles. The monoisotopic (exact) mass is 285 g/mol. The molecule has 2 heterocycles. The SMILES string of the molecule is O=C1CCN(C(=O)NCC2CCC(C(=O)O)O2)CCN1. The Labute approximate surface area is 116 Å². The third kappa shape index (κ3) is 3.83. The summed E-state index contributed by atoms with van der Waals surface area (Å²) in [6.45, 7) is 1.61. The van der Waals surface area contributed by atoms with Gasteiger partial charge in [-0.1, -0.05) is 0 Å². The minimum absolute atomic E-state index is 0.0521. The average Bonchev–Trinajstić information content (AvgIpc) is 2.79. The van der Waals surface area contributed by atoms with Crippen molar-refractivity contribution in [1.29, 1.82) is 0 Å². The molecular weight excluding hydrogens is 266 g/mol. The molecule has 0 bridgehead atoms. The number of carboxylic acid groups (broad SMARTS) is 1. The highest BCUT2D eigenvalue weighted by Gasteiger charge is 2.30. The van der Waals surface area contributed by atoms with Crippen LogP contribution in [-0.4, -0.2) is 66.3 Å². The Morgan fingerprint density at radius 1 is 1.40 bits per heavy atom. The smallest absolute Gasteiger partial charge is 0.332 e. The van der Waals surface area contributed by atoms with Gasteiger partial charge in [0.1, 0.15) is 0 Å². The van der Waals surface area contributed by atoms with E-state index in [0.29, 0.717) is 45.4 Å². The minimum Gasteiger partial charge on any atom is -0.479 e. The molecule has 0 aromatic heterocycles.